The summed E-state index contributed by atoms with van der Waals surface area (Å²) in [6.45, 7) is 16.0. The van der Waals surface area contributed by atoms with Crippen LogP contribution >= 0.6 is 0 Å². The first-order valence-electron chi connectivity index (χ1n) is 16.2. The molecule has 38 heavy (non-hydrogen) atoms. The molecule has 5 saturated carbocycles. The van der Waals surface area contributed by atoms with Gasteiger partial charge in [0.1, 0.15) is 5.78 Å². The summed E-state index contributed by atoms with van der Waals surface area (Å²) in [5.74, 6) is 4.22. The zero-order valence-corrected chi connectivity index (χ0v) is 24.8. The number of carbonyl (C=O) groups is 1. The maximum absolute atomic E-state index is 12.6. The fourth-order valence-electron chi connectivity index (χ4n) is 12.8. The van der Waals surface area contributed by atoms with Gasteiger partial charge in [-0.05, 0) is 91.3 Å². The van der Waals surface area contributed by atoms with E-state index in [9.17, 15) is 4.79 Å². The van der Waals surface area contributed by atoms with Crippen LogP contribution in [0.25, 0.3) is 0 Å². The minimum Gasteiger partial charge on any atom is -0.394 e. The van der Waals surface area contributed by atoms with Crippen LogP contribution in [0.2, 0.25) is 0 Å². The van der Waals surface area contributed by atoms with E-state index >= 15 is 0 Å². The van der Waals surface area contributed by atoms with E-state index in [1.807, 2.05) is 0 Å². The Morgan fingerprint density at radius 3 is 2.68 bits per heavy atom. The van der Waals surface area contributed by atoms with Gasteiger partial charge in [0.15, 0.2) is 0 Å². The van der Waals surface area contributed by atoms with Crippen molar-refractivity contribution in [1.29, 1.82) is 0 Å². The molecule has 0 bridgehead atoms. The van der Waals surface area contributed by atoms with E-state index < -0.39 is 0 Å². The monoisotopic (exact) mass is 527 g/mol. The lowest BCUT2D eigenvalue weighted by Crippen LogP contribution is -2.55. The minimum atomic E-state index is 0.00727. The van der Waals surface area contributed by atoms with Crippen LogP contribution in [0.5, 0.6) is 0 Å². The normalized spacial score (nSPS) is 57.2. The van der Waals surface area contributed by atoms with Crippen LogP contribution in [0, 0.1) is 51.2 Å². The molecule has 7 rings (SSSR count). The lowest BCUT2D eigenvalue weighted by Gasteiger charge is -2.59. The first-order chi connectivity index (χ1) is 18.0. The Morgan fingerprint density at radius 2 is 1.89 bits per heavy atom. The number of aliphatic hydroxyl groups excluding tert-OH is 1. The smallest absolute Gasteiger partial charge is 0.133 e. The number of hydrogen-bond donors (Lipinski definition) is 1. The second-order valence-corrected chi connectivity index (χ2v) is 16.0. The van der Waals surface area contributed by atoms with E-state index in [1.165, 1.54) is 44.9 Å². The molecule has 2 spiro atoms. The molecule has 3 unspecified atom stereocenters. The molecule has 12 atom stereocenters. The number of fused-ring (bicyclic) bond motifs is 6. The zero-order chi connectivity index (χ0) is 26.7. The van der Waals surface area contributed by atoms with Gasteiger partial charge in [-0.15, -0.1) is 0 Å². The van der Waals surface area contributed by atoms with Crippen LogP contribution in [-0.4, -0.2) is 66.4 Å². The Bertz CT molecular complexity index is 986. The summed E-state index contributed by atoms with van der Waals surface area (Å²) in [6, 6.07) is 0.490. The van der Waals surface area contributed by atoms with Crippen molar-refractivity contribution in [1.82, 2.24) is 4.90 Å². The number of hydrogen-bond acceptors (Lipinski definition) is 5. The summed E-state index contributed by atoms with van der Waals surface area (Å²) in [7, 11) is 0. The highest BCUT2D eigenvalue weighted by atomic mass is 16.5. The number of aliphatic hydroxyl groups is 1. The summed E-state index contributed by atoms with van der Waals surface area (Å²) in [5, 5.41) is 9.15. The number of nitrogens with zero attached hydrogens (tertiary/aromatic N) is 1. The highest BCUT2D eigenvalue weighted by molar-refractivity contribution is 5.80. The van der Waals surface area contributed by atoms with Crippen LogP contribution in [0.4, 0.5) is 0 Å². The molecule has 0 aromatic heterocycles. The number of carbonyl (C=O) groups excluding carboxylic acids is 1. The van der Waals surface area contributed by atoms with Gasteiger partial charge in [-0.3, -0.25) is 9.69 Å². The minimum absolute atomic E-state index is 0.00727. The number of Topliss-reactive ketones (excluding diaryl/α,β-unsaturated/α-hetero) is 1. The number of likely N-dealkylation sites (tertiary alicyclic amines) is 1. The van der Waals surface area contributed by atoms with E-state index in [0.717, 1.165) is 50.1 Å². The van der Waals surface area contributed by atoms with Crippen molar-refractivity contribution in [2.75, 3.05) is 32.9 Å². The Kier molecular flexibility index (Phi) is 5.92. The lowest BCUT2D eigenvalue weighted by molar-refractivity contribution is -0.150. The first kappa shape index (κ1) is 26.4. The molecule has 2 saturated heterocycles. The number of ketones is 1. The van der Waals surface area contributed by atoms with Crippen molar-refractivity contribution in [2.45, 2.75) is 117 Å². The molecule has 214 valence electrons. The molecule has 1 N–H and O–H groups in total. The maximum Gasteiger partial charge on any atom is 0.133 e. The van der Waals surface area contributed by atoms with Crippen LogP contribution in [0.3, 0.4) is 0 Å². The van der Waals surface area contributed by atoms with Gasteiger partial charge in [-0.2, -0.15) is 0 Å². The van der Waals surface area contributed by atoms with Crippen LogP contribution < -0.4 is 0 Å². The van der Waals surface area contributed by atoms with Crippen molar-refractivity contribution in [3.8, 4) is 0 Å². The molecule has 7 aliphatic rings. The second-order valence-electron chi connectivity index (χ2n) is 16.0. The van der Waals surface area contributed by atoms with E-state index in [0.29, 0.717) is 53.8 Å². The molecule has 0 aromatic rings. The largest absolute Gasteiger partial charge is 0.394 e. The molecular weight excluding hydrogens is 474 g/mol. The van der Waals surface area contributed by atoms with Gasteiger partial charge in [0.05, 0.1) is 31.5 Å². The third-order valence-corrected chi connectivity index (χ3v) is 14.8. The Balaban J connectivity index is 1.17. The summed E-state index contributed by atoms with van der Waals surface area (Å²) in [6.07, 6.45) is 12.2. The molecule has 0 aromatic carbocycles. The standard InChI is InChI=1S/C33H53NO4/c1-21-16-27-28(34(19-21)12-14-37-15-13-35)22(2)33(38-27)11-8-25-24-7-9-29(3)17-23(36)6-10-30(29,4)26(24)18-32(25)20-31(32,33)5/h21-22,24-28,35H,6-20H2,1-5H3/t21-,22+,24-,25-,26-,27+,28-,29?,30+,31?,32?,33+/m0/s1. The van der Waals surface area contributed by atoms with E-state index in [-0.39, 0.29) is 23.0 Å². The van der Waals surface area contributed by atoms with Crippen LogP contribution in [0.15, 0.2) is 0 Å². The summed E-state index contributed by atoms with van der Waals surface area (Å²) in [5.41, 5.74) is 1.28. The summed E-state index contributed by atoms with van der Waals surface area (Å²) in [4.78, 5) is 15.3. The Labute approximate surface area is 230 Å². The van der Waals surface area contributed by atoms with Gasteiger partial charge in [0, 0.05) is 43.3 Å². The van der Waals surface area contributed by atoms with Gasteiger partial charge in [0.25, 0.3) is 0 Å². The maximum atomic E-state index is 12.6. The Hall–Kier alpha value is -0.490. The van der Waals surface area contributed by atoms with Crippen LogP contribution in [-0.2, 0) is 14.3 Å². The van der Waals surface area contributed by atoms with Gasteiger partial charge in [-0.25, -0.2) is 0 Å². The first-order valence-corrected chi connectivity index (χ1v) is 16.2. The molecular formula is C33H53NO4. The third kappa shape index (κ3) is 3.17. The average Bonchev–Trinajstić information content (AvgIpc) is 3.21. The SMILES string of the molecule is C[C@H]1C[C@H]2O[C@]3(CC[C@H]4[C@@H]5CCC6(C)CC(=O)CC[C@]6(C)[C@H]5CC45CC53C)[C@H](C)[C@@H]2N(CCOCCO)C1. The molecule has 5 nitrogen and oxygen atoms in total. The molecule has 7 fully saturated rings. The Morgan fingerprint density at radius 1 is 1.08 bits per heavy atom. The van der Waals surface area contributed by atoms with Gasteiger partial charge in [-0.1, -0.05) is 34.6 Å². The van der Waals surface area contributed by atoms with Gasteiger partial charge >= 0.3 is 0 Å². The summed E-state index contributed by atoms with van der Waals surface area (Å²) < 4.78 is 13.2. The predicted octanol–water partition coefficient (Wildman–Crippen LogP) is 5.48. The quantitative estimate of drug-likeness (QED) is 0.480. The topological polar surface area (TPSA) is 59.0 Å². The molecule has 2 heterocycles. The van der Waals surface area contributed by atoms with E-state index in [4.69, 9.17) is 14.6 Å². The number of piperidine rings is 1. The highest BCUT2D eigenvalue weighted by Crippen LogP contribution is 2.88. The predicted molar refractivity (Wildman–Crippen MR) is 148 cm³/mol. The fourth-order valence-corrected chi connectivity index (χ4v) is 12.8. The zero-order valence-electron chi connectivity index (χ0n) is 24.8. The molecule has 5 heteroatoms. The van der Waals surface area contributed by atoms with E-state index in [2.05, 4.69) is 39.5 Å². The molecule has 0 amide bonds. The number of rotatable bonds is 5. The highest BCUT2D eigenvalue weighted by Gasteiger charge is 2.85. The molecule has 5 aliphatic carbocycles. The van der Waals surface area contributed by atoms with Crippen LogP contribution in [0.1, 0.15) is 98.8 Å². The second kappa shape index (κ2) is 8.52. The van der Waals surface area contributed by atoms with Crippen molar-refractivity contribution in [3.05, 3.63) is 0 Å². The summed E-state index contributed by atoms with van der Waals surface area (Å²) >= 11 is 0. The van der Waals surface area contributed by atoms with Gasteiger partial charge < -0.3 is 14.6 Å². The van der Waals surface area contributed by atoms with Crippen molar-refractivity contribution >= 4 is 5.78 Å². The number of ether oxygens (including phenoxy) is 2. The average molecular weight is 528 g/mol. The molecule has 0 radical (unpaired) electrons. The van der Waals surface area contributed by atoms with Gasteiger partial charge in [0.2, 0.25) is 0 Å². The van der Waals surface area contributed by atoms with Crippen molar-refractivity contribution in [2.24, 2.45) is 51.2 Å². The fraction of sp³-hybridized carbons (Fsp3) is 0.970. The van der Waals surface area contributed by atoms with Crippen molar-refractivity contribution in [3.63, 3.8) is 0 Å². The molecule has 2 aliphatic heterocycles. The lowest BCUT2D eigenvalue weighted by atomic mass is 9.45. The van der Waals surface area contributed by atoms with Crippen molar-refractivity contribution < 1.29 is 19.4 Å². The third-order valence-electron chi connectivity index (χ3n) is 14.8. The van der Waals surface area contributed by atoms with E-state index in [1.54, 1.807) is 0 Å².